The van der Waals surface area contributed by atoms with Gasteiger partial charge in [0.05, 0.1) is 0 Å². The maximum absolute atomic E-state index is 12.1. The molecule has 0 aromatic heterocycles. The first-order valence-electron chi connectivity index (χ1n) is 6.39. The van der Waals surface area contributed by atoms with E-state index in [2.05, 4.69) is 4.74 Å². The van der Waals surface area contributed by atoms with Gasteiger partial charge in [0.25, 0.3) is 0 Å². The number of nitrogens with zero attached hydrogens (tertiary/aromatic N) is 2. The lowest BCUT2D eigenvalue weighted by molar-refractivity contribution is -0.274. The lowest BCUT2D eigenvalue weighted by Crippen LogP contribution is -2.16. The summed E-state index contributed by atoms with van der Waals surface area (Å²) in [6.45, 7) is 0. The molecule has 0 saturated heterocycles. The highest BCUT2D eigenvalue weighted by Crippen LogP contribution is 2.26. The highest BCUT2D eigenvalue weighted by Gasteiger charge is 2.30. The summed E-state index contributed by atoms with van der Waals surface area (Å²) in [7, 11) is 0. The molecule has 0 radical (unpaired) electrons. The Bertz CT molecular complexity index is 776. The van der Waals surface area contributed by atoms with Crippen molar-refractivity contribution in [3.05, 3.63) is 59.7 Å². The minimum absolute atomic E-state index is 0.00796. The molecule has 0 spiro atoms. The molecule has 0 heterocycles. The highest BCUT2D eigenvalue weighted by atomic mass is 19.4. The Morgan fingerprint density at radius 2 is 1.35 bits per heavy atom. The van der Waals surface area contributed by atoms with Crippen molar-refractivity contribution >= 4 is 6.08 Å². The molecule has 23 heavy (non-hydrogen) atoms. The van der Waals surface area contributed by atoms with Gasteiger partial charge >= 0.3 is 6.36 Å². The summed E-state index contributed by atoms with van der Waals surface area (Å²) in [4.78, 5) is 0. The zero-order chi connectivity index (χ0) is 16.9. The third kappa shape index (κ3) is 4.62. The summed E-state index contributed by atoms with van der Waals surface area (Å²) in [5.41, 5.74) is 2.18. The predicted octanol–water partition coefficient (Wildman–Crippen LogP) is 4.68. The largest absolute Gasteiger partial charge is 0.573 e. The topological polar surface area (TPSA) is 56.8 Å². The number of hydrogen-bond acceptors (Lipinski definition) is 3. The first-order chi connectivity index (χ1) is 10.9. The van der Waals surface area contributed by atoms with E-state index in [1.165, 1.54) is 30.3 Å². The molecule has 2 aromatic rings. The third-order valence-corrected chi connectivity index (χ3v) is 2.88. The fourth-order valence-corrected chi connectivity index (χ4v) is 1.88. The Kier molecular flexibility index (Phi) is 4.68. The van der Waals surface area contributed by atoms with Gasteiger partial charge in [-0.25, -0.2) is 0 Å². The minimum Gasteiger partial charge on any atom is -0.406 e. The first-order valence-corrected chi connectivity index (χ1v) is 6.39. The van der Waals surface area contributed by atoms with Gasteiger partial charge in [0.1, 0.15) is 23.5 Å². The van der Waals surface area contributed by atoms with E-state index < -0.39 is 6.36 Å². The summed E-state index contributed by atoms with van der Waals surface area (Å²) >= 11 is 0. The van der Waals surface area contributed by atoms with Crippen LogP contribution >= 0.6 is 0 Å². The Labute approximate surface area is 130 Å². The van der Waals surface area contributed by atoms with Gasteiger partial charge in [-0.1, -0.05) is 36.4 Å². The van der Waals surface area contributed by atoms with Crippen LogP contribution in [0.3, 0.4) is 0 Å². The molecule has 0 unspecified atom stereocenters. The second-order valence-electron chi connectivity index (χ2n) is 4.48. The van der Waals surface area contributed by atoms with Crippen LogP contribution in [0.25, 0.3) is 17.2 Å². The third-order valence-electron chi connectivity index (χ3n) is 2.88. The van der Waals surface area contributed by atoms with E-state index in [1.807, 2.05) is 0 Å². The van der Waals surface area contributed by atoms with E-state index in [1.54, 1.807) is 36.4 Å². The molecular weight excluding hydrogens is 305 g/mol. The van der Waals surface area contributed by atoms with Crippen LogP contribution in [0.4, 0.5) is 13.2 Å². The van der Waals surface area contributed by atoms with E-state index in [4.69, 9.17) is 10.5 Å². The zero-order valence-corrected chi connectivity index (χ0v) is 11.6. The highest BCUT2D eigenvalue weighted by molar-refractivity contribution is 5.68. The fraction of sp³-hybridized carbons (Fsp3) is 0.0588. The van der Waals surface area contributed by atoms with Gasteiger partial charge in [-0.15, -0.1) is 13.2 Å². The van der Waals surface area contributed by atoms with Crippen LogP contribution in [-0.4, -0.2) is 6.36 Å². The summed E-state index contributed by atoms with van der Waals surface area (Å²) in [6.07, 6.45) is -3.27. The number of benzene rings is 2. The molecule has 114 valence electrons. The monoisotopic (exact) mass is 314 g/mol. The number of nitriles is 2. The summed E-state index contributed by atoms with van der Waals surface area (Å²) < 4.78 is 40.1. The number of hydrogen-bond donors (Lipinski definition) is 0. The molecule has 0 aliphatic rings. The Morgan fingerprint density at radius 1 is 0.870 bits per heavy atom. The number of rotatable bonds is 3. The molecule has 0 amide bonds. The molecule has 2 aromatic carbocycles. The Morgan fingerprint density at radius 3 is 1.78 bits per heavy atom. The van der Waals surface area contributed by atoms with Gasteiger partial charge in [0.2, 0.25) is 0 Å². The molecule has 0 aliphatic carbocycles. The lowest BCUT2D eigenvalue weighted by Gasteiger charge is -2.09. The molecule has 3 nitrogen and oxygen atoms in total. The molecule has 2 rings (SSSR count). The summed E-state index contributed by atoms with van der Waals surface area (Å²) in [5, 5.41) is 17.4. The Hall–Kier alpha value is -3.25. The standard InChI is InChI=1S/C17H9F3N2O/c18-17(19,20)23-16-7-5-15(6-8-16)14-3-1-12(2-4-14)9-13(10-21)11-22/h1-9H. The van der Waals surface area contributed by atoms with E-state index in [0.717, 1.165) is 11.1 Å². The van der Waals surface area contributed by atoms with Crippen molar-refractivity contribution in [3.8, 4) is 29.0 Å². The van der Waals surface area contributed by atoms with Gasteiger partial charge in [-0.2, -0.15) is 10.5 Å². The lowest BCUT2D eigenvalue weighted by atomic mass is 10.0. The number of ether oxygens (including phenoxy) is 1. The molecule has 0 fully saturated rings. The molecule has 0 atom stereocenters. The average Bonchev–Trinajstić information content (AvgIpc) is 2.52. The van der Waals surface area contributed by atoms with Crippen LogP contribution in [0.2, 0.25) is 0 Å². The van der Waals surface area contributed by atoms with Crippen molar-refractivity contribution in [2.24, 2.45) is 0 Å². The Balaban J connectivity index is 2.19. The zero-order valence-electron chi connectivity index (χ0n) is 11.6. The van der Waals surface area contributed by atoms with E-state index >= 15 is 0 Å². The van der Waals surface area contributed by atoms with Crippen LogP contribution in [-0.2, 0) is 0 Å². The maximum Gasteiger partial charge on any atom is 0.573 e. The van der Waals surface area contributed by atoms with Crippen molar-refractivity contribution in [2.75, 3.05) is 0 Å². The SMILES string of the molecule is N#CC(C#N)=Cc1ccc(-c2ccc(OC(F)(F)F)cc2)cc1. The van der Waals surface area contributed by atoms with E-state index in [9.17, 15) is 13.2 Å². The second kappa shape index (κ2) is 6.67. The van der Waals surface area contributed by atoms with Crippen LogP contribution < -0.4 is 4.74 Å². The van der Waals surface area contributed by atoms with E-state index in [-0.39, 0.29) is 11.3 Å². The van der Waals surface area contributed by atoms with Crippen molar-refractivity contribution in [2.45, 2.75) is 6.36 Å². The van der Waals surface area contributed by atoms with E-state index in [0.29, 0.717) is 5.56 Å². The van der Waals surface area contributed by atoms with Crippen LogP contribution in [0.5, 0.6) is 5.75 Å². The van der Waals surface area contributed by atoms with Gasteiger partial charge in [-0.3, -0.25) is 0 Å². The van der Waals surface area contributed by atoms with Gasteiger partial charge in [0.15, 0.2) is 0 Å². The predicted molar refractivity (Wildman–Crippen MR) is 77.8 cm³/mol. The fourth-order valence-electron chi connectivity index (χ4n) is 1.88. The van der Waals surface area contributed by atoms with Gasteiger partial charge in [-0.05, 0) is 34.9 Å². The van der Waals surface area contributed by atoms with Crippen molar-refractivity contribution in [3.63, 3.8) is 0 Å². The number of halogens is 3. The molecule has 0 aliphatic heterocycles. The van der Waals surface area contributed by atoms with Crippen molar-refractivity contribution in [1.29, 1.82) is 10.5 Å². The second-order valence-corrected chi connectivity index (χ2v) is 4.48. The molecule has 0 N–H and O–H groups in total. The summed E-state index contributed by atoms with van der Waals surface area (Å²) in [6, 6.07) is 16.0. The van der Waals surface area contributed by atoms with Crippen LogP contribution in [0.1, 0.15) is 5.56 Å². The molecular formula is C17H9F3N2O. The smallest absolute Gasteiger partial charge is 0.406 e. The summed E-state index contributed by atoms with van der Waals surface area (Å²) in [5.74, 6) is -0.284. The van der Waals surface area contributed by atoms with Crippen molar-refractivity contribution < 1.29 is 17.9 Å². The van der Waals surface area contributed by atoms with Gasteiger partial charge < -0.3 is 4.74 Å². The van der Waals surface area contributed by atoms with Crippen molar-refractivity contribution in [1.82, 2.24) is 0 Å². The first kappa shape index (κ1) is 16.1. The van der Waals surface area contributed by atoms with Crippen LogP contribution in [0, 0.1) is 22.7 Å². The number of alkyl halides is 3. The molecule has 6 heteroatoms. The van der Waals surface area contributed by atoms with Gasteiger partial charge in [0, 0.05) is 0 Å². The minimum atomic E-state index is -4.71. The quantitative estimate of drug-likeness (QED) is 0.773. The average molecular weight is 314 g/mol. The molecule has 0 saturated carbocycles. The number of allylic oxidation sites excluding steroid dienone is 1. The normalized spacial score (nSPS) is 10.3. The van der Waals surface area contributed by atoms with Crippen LogP contribution in [0.15, 0.2) is 54.1 Å². The molecule has 0 bridgehead atoms. The maximum atomic E-state index is 12.1.